The molecule has 0 saturated heterocycles. The summed E-state index contributed by atoms with van der Waals surface area (Å²) in [5.41, 5.74) is 12.5. The topological polar surface area (TPSA) is 42.2 Å². The number of hydrogen-bond acceptors (Lipinski definition) is 3. The van der Waals surface area contributed by atoms with Gasteiger partial charge in [-0.25, -0.2) is 0 Å². The molecule has 2 unspecified atom stereocenters. The standard InChI is InChI=1S/C20H24ClN3/c1-24(2)6-5-12-7-13-9-14(8-12)19-18(10-13)23-17-11-15(21)3-4-16(17)20(19)22/h3-4,7,11,13-14H,5-6,8-10H2,1-2H3,(H2,22,23). The third-order valence-electron chi connectivity index (χ3n) is 5.42. The summed E-state index contributed by atoms with van der Waals surface area (Å²) in [5.74, 6) is 1.13. The molecule has 2 aromatic rings. The highest BCUT2D eigenvalue weighted by molar-refractivity contribution is 6.31. The molecule has 0 aliphatic heterocycles. The Hall–Kier alpha value is -1.58. The number of anilines is 1. The maximum absolute atomic E-state index is 6.58. The number of pyridine rings is 1. The number of aromatic nitrogens is 1. The fourth-order valence-corrected chi connectivity index (χ4v) is 4.51. The summed E-state index contributed by atoms with van der Waals surface area (Å²) < 4.78 is 0. The van der Waals surface area contributed by atoms with Gasteiger partial charge in [-0.3, -0.25) is 4.98 Å². The highest BCUT2D eigenvalue weighted by Gasteiger charge is 2.33. The number of halogens is 1. The Morgan fingerprint density at radius 2 is 2.12 bits per heavy atom. The Labute approximate surface area is 148 Å². The Kier molecular flexibility index (Phi) is 4.01. The molecule has 0 radical (unpaired) electrons. The van der Waals surface area contributed by atoms with Crippen LogP contribution in [0.4, 0.5) is 5.69 Å². The second kappa shape index (κ2) is 6.05. The lowest BCUT2D eigenvalue weighted by atomic mass is 9.70. The van der Waals surface area contributed by atoms with Crippen molar-refractivity contribution in [3.63, 3.8) is 0 Å². The summed E-state index contributed by atoms with van der Waals surface area (Å²) in [4.78, 5) is 7.17. The van der Waals surface area contributed by atoms with Gasteiger partial charge < -0.3 is 10.6 Å². The smallest absolute Gasteiger partial charge is 0.0741 e. The van der Waals surface area contributed by atoms with Gasteiger partial charge in [-0.1, -0.05) is 23.3 Å². The molecule has 0 spiro atoms. The summed E-state index contributed by atoms with van der Waals surface area (Å²) >= 11 is 6.14. The van der Waals surface area contributed by atoms with Gasteiger partial charge in [-0.2, -0.15) is 0 Å². The molecule has 4 rings (SSSR count). The maximum Gasteiger partial charge on any atom is 0.0741 e. The van der Waals surface area contributed by atoms with Gasteiger partial charge in [0, 0.05) is 33.9 Å². The molecule has 1 aromatic heterocycles. The van der Waals surface area contributed by atoms with Crippen LogP contribution in [-0.2, 0) is 6.42 Å². The SMILES string of the molecule is CN(C)CCC1=CC2Cc3nc4cc(Cl)ccc4c(N)c3C(C1)C2. The van der Waals surface area contributed by atoms with E-state index in [0.29, 0.717) is 11.8 Å². The number of nitrogens with two attached hydrogens (primary N) is 1. The first-order valence-electron chi connectivity index (χ1n) is 8.73. The molecule has 2 atom stereocenters. The van der Waals surface area contributed by atoms with Crippen molar-refractivity contribution in [3.8, 4) is 0 Å². The quantitative estimate of drug-likeness (QED) is 0.841. The van der Waals surface area contributed by atoms with Crippen LogP contribution in [0.3, 0.4) is 0 Å². The van der Waals surface area contributed by atoms with Gasteiger partial charge in [0.1, 0.15) is 0 Å². The minimum absolute atomic E-state index is 0.522. The van der Waals surface area contributed by atoms with Gasteiger partial charge in [0.25, 0.3) is 0 Å². The van der Waals surface area contributed by atoms with Gasteiger partial charge in [0.2, 0.25) is 0 Å². The molecule has 0 fully saturated rings. The van der Waals surface area contributed by atoms with Crippen LogP contribution < -0.4 is 5.73 Å². The molecule has 1 aromatic carbocycles. The Morgan fingerprint density at radius 1 is 1.29 bits per heavy atom. The van der Waals surface area contributed by atoms with Crippen molar-refractivity contribution in [2.45, 2.75) is 31.6 Å². The van der Waals surface area contributed by atoms with Gasteiger partial charge in [0.05, 0.1) is 5.52 Å². The first-order chi connectivity index (χ1) is 11.5. The average molecular weight is 342 g/mol. The van der Waals surface area contributed by atoms with E-state index in [4.69, 9.17) is 22.3 Å². The summed E-state index contributed by atoms with van der Waals surface area (Å²) in [6.45, 7) is 1.11. The Bertz CT molecular complexity index is 825. The zero-order valence-electron chi connectivity index (χ0n) is 14.3. The normalized spacial score (nSPS) is 22.6. The van der Waals surface area contributed by atoms with Crippen molar-refractivity contribution >= 4 is 28.2 Å². The number of benzene rings is 1. The molecular weight excluding hydrogens is 318 g/mol. The Morgan fingerprint density at radius 3 is 2.92 bits per heavy atom. The van der Waals surface area contributed by atoms with Crippen LogP contribution in [0.15, 0.2) is 29.8 Å². The van der Waals surface area contributed by atoms with Gasteiger partial charge in [0.15, 0.2) is 0 Å². The van der Waals surface area contributed by atoms with Crippen LogP contribution >= 0.6 is 11.6 Å². The number of allylic oxidation sites excluding steroid dienone is 1. The highest BCUT2D eigenvalue weighted by atomic mass is 35.5. The van der Waals surface area contributed by atoms with Crippen molar-refractivity contribution in [2.24, 2.45) is 5.92 Å². The summed E-state index contributed by atoms with van der Waals surface area (Å²) in [6.07, 6.45) is 7.00. The van der Waals surface area contributed by atoms with E-state index in [2.05, 4.69) is 25.1 Å². The van der Waals surface area contributed by atoms with Crippen molar-refractivity contribution < 1.29 is 0 Å². The van der Waals surface area contributed by atoms with Crippen LogP contribution in [0.25, 0.3) is 10.9 Å². The molecule has 0 amide bonds. The number of fused-ring (bicyclic) bond motifs is 5. The molecule has 3 nitrogen and oxygen atoms in total. The van der Waals surface area contributed by atoms with E-state index in [1.807, 2.05) is 18.2 Å². The molecule has 0 saturated carbocycles. The first kappa shape index (κ1) is 15.9. The van der Waals surface area contributed by atoms with E-state index in [-0.39, 0.29) is 0 Å². The minimum atomic E-state index is 0.522. The second-order valence-corrected chi connectivity index (χ2v) is 7.96. The molecule has 126 valence electrons. The van der Waals surface area contributed by atoms with Crippen molar-refractivity contribution in [1.82, 2.24) is 9.88 Å². The second-order valence-electron chi connectivity index (χ2n) is 7.53. The van der Waals surface area contributed by atoms with Crippen molar-refractivity contribution in [3.05, 3.63) is 46.1 Å². The monoisotopic (exact) mass is 341 g/mol. The van der Waals surface area contributed by atoms with E-state index >= 15 is 0 Å². The summed E-state index contributed by atoms with van der Waals surface area (Å²) in [7, 11) is 4.28. The van der Waals surface area contributed by atoms with E-state index in [1.165, 1.54) is 17.7 Å². The van der Waals surface area contributed by atoms with E-state index in [9.17, 15) is 0 Å². The molecule has 4 heteroatoms. The molecule has 2 aliphatic rings. The van der Waals surface area contributed by atoms with E-state index in [0.717, 1.165) is 47.4 Å². The zero-order valence-corrected chi connectivity index (χ0v) is 15.1. The summed E-state index contributed by atoms with van der Waals surface area (Å²) in [5, 5.41) is 1.76. The van der Waals surface area contributed by atoms with Crippen LogP contribution in [0, 0.1) is 5.92 Å². The fraction of sp³-hybridized carbons (Fsp3) is 0.450. The molecule has 24 heavy (non-hydrogen) atoms. The molecule has 2 aliphatic carbocycles. The Balaban J connectivity index is 1.72. The lowest BCUT2D eigenvalue weighted by Gasteiger charge is -2.36. The van der Waals surface area contributed by atoms with Crippen molar-refractivity contribution in [2.75, 3.05) is 26.4 Å². The van der Waals surface area contributed by atoms with Gasteiger partial charge in [-0.05, 0) is 69.8 Å². The largest absolute Gasteiger partial charge is 0.398 e. The minimum Gasteiger partial charge on any atom is -0.398 e. The number of rotatable bonds is 3. The fourth-order valence-electron chi connectivity index (χ4n) is 4.34. The van der Waals surface area contributed by atoms with Crippen LogP contribution in [0.5, 0.6) is 0 Å². The van der Waals surface area contributed by atoms with Crippen molar-refractivity contribution in [1.29, 1.82) is 0 Å². The number of nitrogen functional groups attached to an aromatic ring is 1. The van der Waals surface area contributed by atoms with Gasteiger partial charge >= 0.3 is 0 Å². The lowest BCUT2D eigenvalue weighted by Crippen LogP contribution is -2.25. The van der Waals surface area contributed by atoms with E-state index < -0.39 is 0 Å². The highest BCUT2D eigenvalue weighted by Crippen LogP contribution is 2.47. The maximum atomic E-state index is 6.58. The molecule has 1 heterocycles. The molecular formula is C20H24ClN3. The zero-order chi connectivity index (χ0) is 16.8. The third-order valence-corrected chi connectivity index (χ3v) is 5.65. The first-order valence-corrected chi connectivity index (χ1v) is 9.11. The van der Waals surface area contributed by atoms with Crippen LogP contribution in [0.2, 0.25) is 5.02 Å². The van der Waals surface area contributed by atoms with Gasteiger partial charge in [-0.15, -0.1) is 0 Å². The van der Waals surface area contributed by atoms with Crippen LogP contribution in [0.1, 0.15) is 36.4 Å². The number of nitrogens with zero attached hydrogens (tertiary/aromatic N) is 2. The molecule has 2 bridgehead atoms. The number of hydrogen-bond donors (Lipinski definition) is 1. The van der Waals surface area contributed by atoms with E-state index in [1.54, 1.807) is 5.57 Å². The van der Waals surface area contributed by atoms with Crippen LogP contribution in [-0.4, -0.2) is 30.5 Å². The summed E-state index contributed by atoms with van der Waals surface area (Å²) in [6, 6.07) is 5.84. The predicted octanol–water partition coefficient (Wildman–Crippen LogP) is 4.40. The average Bonchev–Trinajstić information content (AvgIpc) is 2.52. The predicted molar refractivity (Wildman–Crippen MR) is 102 cm³/mol. The molecule has 2 N–H and O–H groups in total. The lowest BCUT2D eigenvalue weighted by molar-refractivity contribution is 0.389. The third kappa shape index (κ3) is 2.80.